The van der Waals surface area contributed by atoms with Crippen molar-refractivity contribution in [3.8, 4) is 11.4 Å². The lowest BCUT2D eigenvalue weighted by Gasteiger charge is -2.09. The number of aryl methyl sites for hydroxylation is 3. The molecular formula is C14H16FN3. The third-order valence-corrected chi connectivity index (χ3v) is 3.05. The highest BCUT2D eigenvalue weighted by molar-refractivity contribution is 5.56. The predicted molar refractivity (Wildman–Crippen MR) is 69.5 cm³/mol. The van der Waals surface area contributed by atoms with Crippen molar-refractivity contribution in [1.82, 2.24) is 9.97 Å². The van der Waals surface area contributed by atoms with Crippen LogP contribution >= 0.6 is 0 Å². The van der Waals surface area contributed by atoms with Crippen molar-refractivity contribution in [2.24, 2.45) is 5.73 Å². The molecule has 18 heavy (non-hydrogen) atoms. The molecule has 1 aromatic carbocycles. The van der Waals surface area contributed by atoms with E-state index < -0.39 is 0 Å². The molecule has 94 valence electrons. The Morgan fingerprint density at radius 2 is 1.72 bits per heavy atom. The van der Waals surface area contributed by atoms with E-state index in [0.717, 1.165) is 17.0 Å². The van der Waals surface area contributed by atoms with Crippen LogP contribution in [0.3, 0.4) is 0 Å². The first-order chi connectivity index (χ1) is 8.52. The van der Waals surface area contributed by atoms with Gasteiger partial charge in [-0.3, -0.25) is 0 Å². The summed E-state index contributed by atoms with van der Waals surface area (Å²) in [6.07, 6.45) is 0. The molecule has 0 saturated carbocycles. The van der Waals surface area contributed by atoms with Gasteiger partial charge in [-0.15, -0.1) is 0 Å². The van der Waals surface area contributed by atoms with Gasteiger partial charge in [0, 0.05) is 29.1 Å². The van der Waals surface area contributed by atoms with Crippen molar-refractivity contribution in [3.63, 3.8) is 0 Å². The zero-order chi connectivity index (χ0) is 13.3. The molecule has 0 fully saturated rings. The van der Waals surface area contributed by atoms with Crippen molar-refractivity contribution < 1.29 is 4.39 Å². The van der Waals surface area contributed by atoms with Crippen molar-refractivity contribution in [2.75, 3.05) is 0 Å². The van der Waals surface area contributed by atoms with Crippen molar-refractivity contribution in [2.45, 2.75) is 27.3 Å². The SMILES string of the molecule is Cc1ccc(-c2nc(C)c(CN)c(C)n2)cc1F. The number of hydrogen-bond acceptors (Lipinski definition) is 3. The van der Waals surface area contributed by atoms with Gasteiger partial charge in [-0.1, -0.05) is 12.1 Å². The fraction of sp³-hybridized carbons (Fsp3) is 0.286. The normalized spacial score (nSPS) is 10.7. The lowest BCUT2D eigenvalue weighted by atomic mass is 10.1. The average Bonchev–Trinajstić information content (AvgIpc) is 2.32. The van der Waals surface area contributed by atoms with Crippen LogP contribution in [0.15, 0.2) is 18.2 Å². The smallest absolute Gasteiger partial charge is 0.159 e. The number of nitrogens with two attached hydrogens (primary N) is 1. The Morgan fingerprint density at radius 3 is 2.22 bits per heavy atom. The van der Waals surface area contributed by atoms with Crippen LogP contribution in [-0.4, -0.2) is 9.97 Å². The molecule has 1 heterocycles. The minimum atomic E-state index is -0.241. The van der Waals surface area contributed by atoms with Gasteiger partial charge < -0.3 is 5.73 Å². The number of aromatic nitrogens is 2. The van der Waals surface area contributed by atoms with Crippen molar-refractivity contribution in [1.29, 1.82) is 0 Å². The largest absolute Gasteiger partial charge is 0.326 e. The number of hydrogen-bond donors (Lipinski definition) is 1. The van der Waals surface area contributed by atoms with Gasteiger partial charge in [0.2, 0.25) is 0 Å². The van der Waals surface area contributed by atoms with Gasteiger partial charge in [-0.25, -0.2) is 14.4 Å². The summed E-state index contributed by atoms with van der Waals surface area (Å²) in [5, 5.41) is 0. The van der Waals surface area contributed by atoms with Gasteiger partial charge in [-0.05, 0) is 32.4 Å². The molecule has 2 aromatic rings. The Bertz CT molecular complexity index is 571. The standard InChI is InChI=1S/C14H16FN3/c1-8-4-5-11(6-13(8)15)14-17-9(2)12(7-16)10(3)18-14/h4-6H,7,16H2,1-3H3. The zero-order valence-electron chi connectivity index (χ0n) is 10.8. The highest BCUT2D eigenvalue weighted by atomic mass is 19.1. The fourth-order valence-electron chi connectivity index (χ4n) is 1.90. The van der Waals surface area contributed by atoms with Crippen LogP contribution in [-0.2, 0) is 6.54 Å². The Hall–Kier alpha value is -1.81. The first kappa shape index (κ1) is 12.6. The van der Waals surface area contributed by atoms with Crippen LogP contribution < -0.4 is 5.73 Å². The first-order valence-corrected chi connectivity index (χ1v) is 5.83. The van der Waals surface area contributed by atoms with Gasteiger partial charge in [0.1, 0.15) is 5.82 Å². The van der Waals surface area contributed by atoms with Crippen LogP contribution in [0, 0.1) is 26.6 Å². The molecule has 0 aliphatic carbocycles. The molecule has 0 spiro atoms. The topological polar surface area (TPSA) is 51.8 Å². The van der Waals surface area contributed by atoms with E-state index in [4.69, 9.17) is 5.73 Å². The third kappa shape index (κ3) is 2.24. The summed E-state index contributed by atoms with van der Waals surface area (Å²) in [5.41, 5.74) is 9.60. The monoisotopic (exact) mass is 245 g/mol. The number of halogens is 1. The summed E-state index contributed by atoms with van der Waals surface area (Å²) in [7, 11) is 0. The maximum absolute atomic E-state index is 13.5. The van der Waals surface area contributed by atoms with Gasteiger partial charge in [0.05, 0.1) is 0 Å². The summed E-state index contributed by atoms with van der Waals surface area (Å²) < 4.78 is 13.5. The van der Waals surface area contributed by atoms with Crippen molar-refractivity contribution >= 4 is 0 Å². The minimum Gasteiger partial charge on any atom is -0.326 e. The molecule has 0 radical (unpaired) electrons. The minimum absolute atomic E-state index is 0.241. The van der Waals surface area contributed by atoms with Crippen LogP contribution in [0.1, 0.15) is 22.5 Å². The molecule has 0 amide bonds. The molecule has 2 rings (SSSR count). The van der Waals surface area contributed by atoms with E-state index in [1.807, 2.05) is 19.9 Å². The third-order valence-electron chi connectivity index (χ3n) is 3.05. The van der Waals surface area contributed by atoms with Crippen molar-refractivity contribution in [3.05, 3.63) is 46.5 Å². The van der Waals surface area contributed by atoms with Gasteiger partial charge in [0.25, 0.3) is 0 Å². The lowest BCUT2D eigenvalue weighted by Crippen LogP contribution is -2.07. The first-order valence-electron chi connectivity index (χ1n) is 5.83. The quantitative estimate of drug-likeness (QED) is 0.885. The number of nitrogens with zero attached hydrogens (tertiary/aromatic N) is 2. The molecule has 0 aliphatic heterocycles. The van der Waals surface area contributed by atoms with Crippen LogP contribution in [0.25, 0.3) is 11.4 Å². The van der Waals surface area contributed by atoms with E-state index in [2.05, 4.69) is 9.97 Å². The predicted octanol–water partition coefficient (Wildman–Crippen LogP) is 2.67. The maximum Gasteiger partial charge on any atom is 0.159 e. The maximum atomic E-state index is 13.5. The lowest BCUT2D eigenvalue weighted by molar-refractivity contribution is 0.619. The molecule has 0 saturated heterocycles. The molecule has 1 aromatic heterocycles. The van der Waals surface area contributed by atoms with Gasteiger partial charge >= 0.3 is 0 Å². The van der Waals surface area contributed by atoms with E-state index in [9.17, 15) is 4.39 Å². The summed E-state index contributed by atoms with van der Waals surface area (Å²) in [4.78, 5) is 8.78. The molecule has 2 N–H and O–H groups in total. The summed E-state index contributed by atoms with van der Waals surface area (Å²) in [6, 6.07) is 5.02. The highest BCUT2D eigenvalue weighted by Gasteiger charge is 2.10. The molecule has 0 aliphatic rings. The van der Waals surface area contributed by atoms with Gasteiger partial charge in [0.15, 0.2) is 5.82 Å². The van der Waals surface area contributed by atoms with E-state index in [-0.39, 0.29) is 5.82 Å². The Balaban J connectivity index is 2.54. The number of benzene rings is 1. The fourth-order valence-corrected chi connectivity index (χ4v) is 1.90. The molecular weight excluding hydrogens is 229 g/mol. The van der Waals surface area contributed by atoms with E-state index in [0.29, 0.717) is 23.5 Å². The highest BCUT2D eigenvalue weighted by Crippen LogP contribution is 2.20. The second kappa shape index (κ2) is 4.82. The number of rotatable bonds is 2. The Morgan fingerprint density at radius 1 is 1.11 bits per heavy atom. The second-order valence-electron chi connectivity index (χ2n) is 4.36. The molecule has 0 unspecified atom stereocenters. The Kier molecular flexibility index (Phi) is 3.39. The van der Waals surface area contributed by atoms with E-state index >= 15 is 0 Å². The summed E-state index contributed by atoms with van der Waals surface area (Å²) in [6.45, 7) is 5.93. The van der Waals surface area contributed by atoms with E-state index in [1.54, 1.807) is 13.0 Å². The van der Waals surface area contributed by atoms with Gasteiger partial charge in [-0.2, -0.15) is 0 Å². The van der Waals surface area contributed by atoms with Crippen LogP contribution in [0.2, 0.25) is 0 Å². The average molecular weight is 245 g/mol. The second-order valence-corrected chi connectivity index (χ2v) is 4.36. The Labute approximate surface area is 106 Å². The molecule has 0 bridgehead atoms. The summed E-state index contributed by atoms with van der Waals surface area (Å²) >= 11 is 0. The van der Waals surface area contributed by atoms with Crippen LogP contribution in [0.5, 0.6) is 0 Å². The molecule has 4 heteroatoms. The molecule has 3 nitrogen and oxygen atoms in total. The summed E-state index contributed by atoms with van der Waals surface area (Å²) in [5.74, 6) is 0.301. The molecule has 0 atom stereocenters. The van der Waals surface area contributed by atoms with E-state index in [1.165, 1.54) is 6.07 Å². The zero-order valence-corrected chi connectivity index (χ0v) is 10.8. The van der Waals surface area contributed by atoms with Crippen LogP contribution in [0.4, 0.5) is 4.39 Å².